The van der Waals surface area contributed by atoms with E-state index < -0.39 is 29.7 Å². The Bertz CT molecular complexity index is 737. The van der Waals surface area contributed by atoms with E-state index in [4.69, 9.17) is 16.3 Å². The first-order chi connectivity index (χ1) is 11.1. The maximum atomic E-state index is 14.0. The zero-order valence-corrected chi connectivity index (χ0v) is 14.9. The van der Waals surface area contributed by atoms with Gasteiger partial charge in [-0.25, -0.2) is 9.18 Å². The highest BCUT2D eigenvalue weighted by molar-refractivity contribution is 6.35. The number of amides is 1. The molecule has 24 heavy (non-hydrogen) atoms. The molecule has 2 atom stereocenters. The van der Waals surface area contributed by atoms with Crippen LogP contribution in [0.15, 0.2) is 18.3 Å². The molecule has 0 spiro atoms. The largest absolute Gasteiger partial charge is 0.444 e. The predicted molar refractivity (Wildman–Crippen MR) is 91.8 cm³/mol. The highest BCUT2D eigenvalue weighted by atomic mass is 35.5. The van der Waals surface area contributed by atoms with Crippen LogP contribution in [-0.2, 0) is 11.2 Å². The second-order valence-corrected chi connectivity index (χ2v) is 7.17. The predicted octanol–water partition coefficient (Wildman–Crippen LogP) is 3.78. The number of aromatic amines is 1. The maximum absolute atomic E-state index is 14.0. The molecule has 0 saturated carbocycles. The van der Waals surface area contributed by atoms with Gasteiger partial charge < -0.3 is 20.1 Å². The summed E-state index contributed by atoms with van der Waals surface area (Å²) in [6.07, 6.45) is 0.409. The number of benzene rings is 1. The van der Waals surface area contributed by atoms with Crippen molar-refractivity contribution in [2.75, 3.05) is 0 Å². The number of halogens is 2. The van der Waals surface area contributed by atoms with Gasteiger partial charge in [0.25, 0.3) is 0 Å². The van der Waals surface area contributed by atoms with Crippen molar-refractivity contribution in [2.45, 2.75) is 51.9 Å². The molecule has 0 radical (unpaired) electrons. The van der Waals surface area contributed by atoms with E-state index in [1.807, 2.05) is 0 Å². The number of alkyl carbamates (subject to hydrolysis) is 1. The van der Waals surface area contributed by atoms with Gasteiger partial charge in [-0.3, -0.25) is 0 Å². The van der Waals surface area contributed by atoms with Crippen LogP contribution in [0.3, 0.4) is 0 Å². The molecule has 0 aliphatic rings. The first-order valence-corrected chi connectivity index (χ1v) is 8.08. The fraction of sp³-hybridized carbons (Fsp3) is 0.471. The third-order valence-electron chi connectivity index (χ3n) is 3.54. The lowest BCUT2D eigenvalue weighted by Gasteiger charge is -2.25. The Morgan fingerprint density at radius 2 is 2.17 bits per heavy atom. The van der Waals surface area contributed by atoms with Gasteiger partial charge in [0.05, 0.1) is 22.7 Å². The Kier molecular flexibility index (Phi) is 5.40. The van der Waals surface area contributed by atoms with Crippen LogP contribution in [0.2, 0.25) is 5.02 Å². The van der Waals surface area contributed by atoms with Crippen molar-refractivity contribution in [1.29, 1.82) is 0 Å². The smallest absolute Gasteiger partial charge is 0.407 e. The van der Waals surface area contributed by atoms with Gasteiger partial charge in [-0.2, -0.15) is 0 Å². The fourth-order valence-corrected chi connectivity index (χ4v) is 2.65. The molecule has 1 aromatic heterocycles. The molecule has 2 aromatic rings. The molecule has 0 bridgehead atoms. The molecule has 132 valence electrons. The zero-order chi connectivity index (χ0) is 18.1. The summed E-state index contributed by atoms with van der Waals surface area (Å²) in [6.45, 7) is 6.81. The Labute approximate surface area is 145 Å². The molecule has 0 aliphatic heterocycles. The third-order valence-corrected chi connectivity index (χ3v) is 3.92. The van der Waals surface area contributed by atoms with Gasteiger partial charge in [0.2, 0.25) is 0 Å². The lowest BCUT2D eigenvalue weighted by molar-refractivity contribution is 0.0437. The first kappa shape index (κ1) is 18.5. The average Bonchev–Trinajstić information content (AvgIpc) is 2.91. The highest BCUT2D eigenvalue weighted by Crippen LogP contribution is 2.29. The standard InChI is InChI=1S/C17H22ClFN2O3/c1-9(22)13(21-16(23)24-17(2,3)4)8-10-7-12(19)14(18)11-5-6-20-15(10)11/h5-7,9,13,20,22H,8H2,1-4H3,(H,21,23)/t9-,13-/m0/s1. The van der Waals surface area contributed by atoms with Crippen molar-refractivity contribution < 1.29 is 19.0 Å². The lowest BCUT2D eigenvalue weighted by Crippen LogP contribution is -2.45. The molecule has 7 heteroatoms. The molecule has 5 nitrogen and oxygen atoms in total. The Hall–Kier alpha value is -1.79. The summed E-state index contributed by atoms with van der Waals surface area (Å²) in [5.41, 5.74) is 0.642. The molecule has 1 amide bonds. The number of hydrogen-bond donors (Lipinski definition) is 3. The number of rotatable bonds is 4. The molecular weight excluding hydrogens is 335 g/mol. The number of carbonyl (C=O) groups excluding carboxylic acids is 1. The van der Waals surface area contributed by atoms with Crippen molar-refractivity contribution in [1.82, 2.24) is 10.3 Å². The molecular formula is C17H22ClFN2O3. The fourth-order valence-electron chi connectivity index (χ4n) is 2.43. The Balaban J connectivity index is 2.24. The first-order valence-electron chi connectivity index (χ1n) is 7.70. The lowest BCUT2D eigenvalue weighted by atomic mass is 10.00. The second kappa shape index (κ2) is 6.99. The summed E-state index contributed by atoms with van der Waals surface area (Å²) in [7, 11) is 0. The summed E-state index contributed by atoms with van der Waals surface area (Å²) in [5, 5.41) is 13.2. The molecule has 0 unspecified atom stereocenters. The molecule has 0 aliphatic carbocycles. The van der Waals surface area contributed by atoms with E-state index in [2.05, 4.69) is 10.3 Å². The van der Waals surface area contributed by atoms with E-state index in [1.54, 1.807) is 40.0 Å². The van der Waals surface area contributed by atoms with Crippen molar-refractivity contribution in [3.05, 3.63) is 34.7 Å². The second-order valence-electron chi connectivity index (χ2n) is 6.80. The van der Waals surface area contributed by atoms with Gasteiger partial charge in [0, 0.05) is 11.6 Å². The average molecular weight is 357 g/mol. The van der Waals surface area contributed by atoms with E-state index in [0.717, 1.165) is 0 Å². The summed E-state index contributed by atoms with van der Waals surface area (Å²) in [5.74, 6) is -0.541. The number of H-pyrrole nitrogens is 1. The van der Waals surface area contributed by atoms with Crippen LogP contribution in [-0.4, -0.2) is 33.9 Å². The number of aliphatic hydroxyl groups is 1. The number of carbonyl (C=O) groups is 1. The minimum absolute atomic E-state index is 0.0451. The number of aromatic nitrogens is 1. The van der Waals surface area contributed by atoms with Crippen LogP contribution in [0, 0.1) is 5.82 Å². The van der Waals surface area contributed by atoms with Gasteiger partial charge in [0.15, 0.2) is 0 Å². The monoisotopic (exact) mass is 356 g/mol. The topological polar surface area (TPSA) is 74.4 Å². The van der Waals surface area contributed by atoms with Crippen LogP contribution < -0.4 is 5.32 Å². The van der Waals surface area contributed by atoms with Gasteiger partial charge in [0.1, 0.15) is 11.4 Å². The molecule has 2 rings (SSSR count). The van der Waals surface area contributed by atoms with Crippen molar-refractivity contribution in [3.63, 3.8) is 0 Å². The molecule has 3 N–H and O–H groups in total. The number of nitrogens with one attached hydrogen (secondary N) is 2. The van der Waals surface area contributed by atoms with E-state index in [0.29, 0.717) is 16.5 Å². The number of hydrogen-bond acceptors (Lipinski definition) is 3. The minimum atomic E-state index is -0.846. The zero-order valence-electron chi connectivity index (χ0n) is 14.1. The van der Waals surface area contributed by atoms with Crippen molar-refractivity contribution >= 4 is 28.6 Å². The van der Waals surface area contributed by atoms with Crippen LogP contribution in [0.25, 0.3) is 10.9 Å². The molecule has 0 fully saturated rings. The normalized spacial score (nSPS) is 14.5. The van der Waals surface area contributed by atoms with Gasteiger partial charge in [-0.05, 0) is 51.8 Å². The maximum Gasteiger partial charge on any atom is 0.407 e. The quantitative estimate of drug-likeness (QED) is 0.780. The Morgan fingerprint density at radius 1 is 1.50 bits per heavy atom. The van der Waals surface area contributed by atoms with Gasteiger partial charge in [-0.15, -0.1) is 0 Å². The van der Waals surface area contributed by atoms with E-state index in [1.165, 1.54) is 6.07 Å². The molecule has 0 saturated heterocycles. The van der Waals surface area contributed by atoms with Crippen LogP contribution in [0.5, 0.6) is 0 Å². The summed E-state index contributed by atoms with van der Waals surface area (Å²) in [6, 6.07) is 2.36. The van der Waals surface area contributed by atoms with E-state index in [9.17, 15) is 14.3 Å². The SMILES string of the molecule is C[C@H](O)[C@H](Cc1cc(F)c(Cl)c2cc[nH]c12)NC(=O)OC(C)(C)C. The number of ether oxygens (including phenoxy) is 1. The van der Waals surface area contributed by atoms with Crippen LogP contribution in [0.1, 0.15) is 33.3 Å². The molecule has 1 aromatic carbocycles. The third kappa shape index (κ3) is 4.39. The van der Waals surface area contributed by atoms with Crippen LogP contribution in [0.4, 0.5) is 9.18 Å². The Morgan fingerprint density at radius 3 is 2.75 bits per heavy atom. The van der Waals surface area contributed by atoms with E-state index in [-0.39, 0.29) is 11.4 Å². The highest BCUT2D eigenvalue weighted by Gasteiger charge is 2.24. The van der Waals surface area contributed by atoms with Crippen LogP contribution >= 0.6 is 11.6 Å². The van der Waals surface area contributed by atoms with Crippen molar-refractivity contribution in [3.8, 4) is 0 Å². The van der Waals surface area contributed by atoms with Gasteiger partial charge in [-0.1, -0.05) is 11.6 Å². The number of fused-ring (bicyclic) bond motifs is 1. The minimum Gasteiger partial charge on any atom is -0.444 e. The summed E-state index contributed by atoms with van der Waals surface area (Å²) in [4.78, 5) is 15.0. The number of aliphatic hydroxyl groups excluding tert-OH is 1. The molecule has 1 heterocycles. The van der Waals surface area contributed by atoms with Crippen molar-refractivity contribution in [2.24, 2.45) is 0 Å². The van der Waals surface area contributed by atoms with Gasteiger partial charge >= 0.3 is 6.09 Å². The summed E-state index contributed by atoms with van der Waals surface area (Å²) < 4.78 is 19.2. The summed E-state index contributed by atoms with van der Waals surface area (Å²) >= 11 is 5.96. The van der Waals surface area contributed by atoms with E-state index >= 15 is 0 Å².